The van der Waals surface area contributed by atoms with Gasteiger partial charge in [-0.15, -0.1) is 22.7 Å². The van der Waals surface area contributed by atoms with Gasteiger partial charge < -0.3 is 30.7 Å². The van der Waals surface area contributed by atoms with Crippen molar-refractivity contribution in [2.45, 2.75) is 90.3 Å². The largest absolute Gasteiger partial charge is 0.444 e. The fourth-order valence-electron chi connectivity index (χ4n) is 5.39. The van der Waals surface area contributed by atoms with Crippen molar-refractivity contribution in [3.05, 3.63) is 104 Å². The smallest absolute Gasteiger partial charge is 0.407 e. The van der Waals surface area contributed by atoms with Crippen molar-refractivity contribution in [1.29, 1.82) is 0 Å². The van der Waals surface area contributed by atoms with Gasteiger partial charge >= 0.3 is 12.1 Å². The van der Waals surface area contributed by atoms with Gasteiger partial charge in [0.2, 0.25) is 5.91 Å². The molecule has 0 saturated heterocycles. The molecular weight excluding hydrogens is 692 g/mol. The molecule has 2 aromatic heterocycles. The van der Waals surface area contributed by atoms with E-state index in [-0.39, 0.29) is 37.8 Å². The van der Waals surface area contributed by atoms with E-state index in [0.29, 0.717) is 6.42 Å². The van der Waals surface area contributed by atoms with Crippen LogP contribution in [0.5, 0.6) is 0 Å². The summed E-state index contributed by atoms with van der Waals surface area (Å²) in [7, 11) is 1.65. The molecule has 0 bridgehead atoms. The summed E-state index contributed by atoms with van der Waals surface area (Å²) >= 11 is 2.91. The van der Waals surface area contributed by atoms with Crippen LogP contribution < -0.4 is 16.0 Å². The van der Waals surface area contributed by atoms with Crippen molar-refractivity contribution < 1.29 is 28.6 Å². The summed E-state index contributed by atoms with van der Waals surface area (Å²) in [6.45, 7) is 8.11. The summed E-state index contributed by atoms with van der Waals surface area (Å²) in [6.07, 6.45) is 0.383. The number of aromatic nitrogens is 2. The Kier molecular flexibility index (Phi) is 14.9. The first-order valence-corrected chi connectivity index (χ1v) is 18.7. The number of thiazole rings is 2. The van der Waals surface area contributed by atoms with Gasteiger partial charge in [0.1, 0.15) is 18.5 Å². The predicted molar refractivity (Wildman–Crippen MR) is 197 cm³/mol. The Morgan fingerprint density at radius 1 is 0.941 bits per heavy atom. The topological polar surface area (TPSA) is 146 Å². The maximum absolute atomic E-state index is 13.9. The zero-order chi connectivity index (χ0) is 36.9. The highest BCUT2D eigenvalue weighted by Gasteiger charge is 2.31. The Bertz CT molecular complexity index is 1670. The Morgan fingerprint density at radius 3 is 2.27 bits per heavy atom. The van der Waals surface area contributed by atoms with Gasteiger partial charge in [0.25, 0.3) is 0 Å². The first-order valence-electron chi connectivity index (χ1n) is 16.9. The van der Waals surface area contributed by atoms with Crippen LogP contribution in [0.2, 0.25) is 0 Å². The molecule has 14 heteroatoms. The van der Waals surface area contributed by atoms with E-state index in [1.54, 1.807) is 42.2 Å². The van der Waals surface area contributed by atoms with E-state index in [9.17, 15) is 23.9 Å². The van der Waals surface area contributed by atoms with E-state index in [2.05, 4.69) is 39.8 Å². The molecule has 4 amide bonds. The van der Waals surface area contributed by atoms with Gasteiger partial charge in [-0.25, -0.2) is 19.0 Å². The number of hydrogen-bond acceptors (Lipinski definition) is 9. The summed E-state index contributed by atoms with van der Waals surface area (Å²) in [5.41, 5.74) is 4.03. The molecule has 0 aliphatic carbocycles. The number of hydrogen-bond donors (Lipinski definition) is 4. The minimum absolute atomic E-state index is 0.0359. The van der Waals surface area contributed by atoms with E-state index in [0.717, 1.165) is 26.7 Å². The van der Waals surface area contributed by atoms with Crippen LogP contribution in [0.15, 0.2) is 71.7 Å². The summed E-state index contributed by atoms with van der Waals surface area (Å²) in [5, 5.41) is 23.3. The minimum atomic E-state index is -1.13. The second-order valence-corrected chi connectivity index (χ2v) is 15.0. The quantitative estimate of drug-likeness (QED) is 0.103. The van der Waals surface area contributed by atoms with E-state index in [4.69, 9.17) is 4.74 Å². The van der Waals surface area contributed by atoms with Crippen molar-refractivity contribution in [2.24, 2.45) is 5.92 Å². The molecule has 11 nitrogen and oxygen atoms in total. The lowest BCUT2D eigenvalue weighted by Crippen LogP contribution is -2.55. The van der Waals surface area contributed by atoms with Gasteiger partial charge in [-0.05, 0) is 48.4 Å². The molecule has 0 aliphatic heterocycles. The molecule has 51 heavy (non-hydrogen) atoms. The van der Waals surface area contributed by atoms with Crippen LogP contribution in [-0.2, 0) is 35.5 Å². The lowest BCUT2D eigenvalue weighted by molar-refractivity contribution is -0.124. The lowest BCUT2D eigenvalue weighted by Gasteiger charge is -2.30. The SMILES string of the molecule is CC(C)c1nc(CN(C)C(=O)NC(C(=O)NC(Cc2ccc(F)cc2)CC(O)C(Cc2ccccc2)NC(=O)OCc2cncs2)C(C)C)cs1. The number of amides is 4. The third-order valence-electron chi connectivity index (χ3n) is 8.20. The van der Waals surface area contributed by atoms with Crippen molar-refractivity contribution in [2.75, 3.05) is 7.05 Å². The van der Waals surface area contributed by atoms with Crippen LogP contribution in [0.25, 0.3) is 0 Å². The van der Waals surface area contributed by atoms with Crippen LogP contribution in [0.3, 0.4) is 0 Å². The van der Waals surface area contributed by atoms with Crippen molar-refractivity contribution in [3.63, 3.8) is 0 Å². The summed E-state index contributed by atoms with van der Waals surface area (Å²) in [4.78, 5) is 50.9. The van der Waals surface area contributed by atoms with Gasteiger partial charge in [0.15, 0.2) is 0 Å². The summed E-state index contributed by atoms with van der Waals surface area (Å²) in [6, 6.07) is 12.6. The van der Waals surface area contributed by atoms with Gasteiger partial charge in [-0.2, -0.15) is 0 Å². The Balaban J connectivity index is 1.48. The number of aliphatic hydroxyl groups excluding tert-OH is 1. The average molecular weight is 739 g/mol. The van der Waals surface area contributed by atoms with E-state index in [1.165, 1.54) is 28.4 Å². The molecule has 4 aromatic rings. The standard InChI is InChI=1S/C37H47FN6O5S2/c1-23(2)33(43-36(47)44(5)19-29-21-50-35(41-29)24(3)4)34(46)40-28(15-26-11-13-27(38)14-12-26)17-32(45)31(16-25-9-7-6-8-10-25)42-37(48)49-20-30-18-39-22-51-30/h6-14,18,21-24,28,31-33,45H,15-17,19-20H2,1-5H3,(H,40,46)(H,42,48)(H,43,47). The van der Waals surface area contributed by atoms with Crippen LogP contribution in [0.4, 0.5) is 14.0 Å². The summed E-state index contributed by atoms with van der Waals surface area (Å²) in [5.74, 6) is -0.816. The molecule has 2 aromatic carbocycles. The molecule has 4 rings (SSSR count). The molecule has 0 saturated carbocycles. The van der Waals surface area contributed by atoms with Gasteiger partial charge in [-0.1, -0.05) is 70.2 Å². The number of nitrogens with one attached hydrogen (secondary N) is 3. The number of ether oxygens (including phenoxy) is 1. The van der Waals surface area contributed by atoms with Crippen molar-refractivity contribution >= 4 is 40.7 Å². The van der Waals surface area contributed by atoms with Gasteiger partial charge in [-0.3, -0.25) is 9.78 Å². The third-order valence-corrected chi connectivity index (χ3v) is 10.1. The highest BCUT2D eigenvalue weighted by molar-refractivity contribution is 7.09. The average Bonchev–Trinajstić information content (AvgIpc) is 3.80. The van der Waals surface area contributed by atoms with Crippen molar-refractivity contribution in [3.8, 4) is 0 Å². The van der Waals surface area contributed by atoms with E-state index in [1.807, 2.05) is 49.6 Å². The number of urea groups is 1. The third kappa shape index (κ3) is 12.7. The van der Waals surface area contributed by atoms with Crippen LogP contribution in [-0.4, -0.2) is 69.3 Å². The van der Waals surface area contributed by atoms with E-state index < -0.39 is 48.1 Å². The van der Waals surface area contributed by atoms with Crippen LogP contribution in [0, 0.1) is 11.7 Å². The van der Waals surface area contributed by atoms with Crippen LogP contribution >= 0.6 is 22.7 Å². The minimum Gasteiger partial charge on any atom is -0.444 e. The fraction of sp³-hybridized carbons (Fsp3) is 0.432. The number of rotatable bonds is 17. The summed E-state index contributed by atoms with van der Waals surface area (Å²) < 4.78 is 19.2. The number of nitrogens with zero attached hydrogens (tertiary/aromatic N) is 3. The van der Waals surface area contributed by atoms with Crippen LogP contribution in [0.1, 0.15) is 66.7 Å². The second-order valence-electron chi connectivity index (χ2n) is 13.2. The molecule has 0 fully saturated rings. The molecule has 2 heterocycles. The molecule has 0 aliphatic rings. The molecule has 0 radical (unpaired) electrons. The van der Waals surface area contributed by atoms with Gasteiger partial charge in [0, 0.05) is 30.6 Å². The number of carbonyl (C=O) groups excluding carboxylic acids is 3. The lowest BCUT2D eigenvalue weighted by atomic mass is 9.93. The highest BCUT2D eigenvalue weighted by atomic mass is 32.1. The fourth-order valence-corrected chi connectivity index (χ4v) is 6.72. The zero-order valence-corrected chi connectivity index (χ0v) is 31.2. The molecular formula is C37H47FN6O5S2. The Morgan fingerprint density at radius 2 is 1.65 bits per heavy atom. The van der Waals surface area contributed by atoms with E-state index >= 15 is 0 Å². The molecule has 4 atom stereocenters. The number of halogens is 1. The maximum Gasteiger partial charge on any atom is 0.407 e. The van der Waals surface area contributed by atoms with Gasteiger partial charge in [0.05, 0.1) is 39.8 Å². The molecule has 4 unspecified atom stereocenters. The monoisotopic (exact) mass is 738 g/mol. The predicted octanol–water partition coefficient (Wildman–Crippen LogP) is 6.04. The highest BCUT2D eigenvalue weighted by Crippen LogP contribution is 2.20. The Labute approximate surface area is 306 Å². The molecule has 4 N–H and O–H groups in total. The first kappa shape index (κ1) is 39.4. The number of aliphatic hydroxyl groups is 1. The number of benzene rings is 2. The number of carbonyl (C=O) groups is 3. The molecule has 0 spiro atoms. The van der Waals surface area contributed by atoms with Crippen molar-refractivity contribution in [1.82, 2.24) is 30.8 Å². The molecule has 274 valence electrons. The second kappa shape index (κ2) is 19.3. The maximum atomic E-state index is 13.9. The first-order chi connectivity index (χ1) is 24.4. The zero-order valence-electron chi connectivity index (χ0n) is 29.5. The normalized spacial score (nSPS) is 13.7. The number of alkyl carbamates (subject to hydrolysis) is 1. The Hall–Kier alpha value is -4.40.